The van der Waals surface area contributed by atoms with Gasteiger partial charge in [0.05, 0.1) is 5.92 Å². The van der Waals surface area contributed by atoms with Crippen LogP contribution in [0, 0.1) is 5.92 Å². The van der Waals surface area contributed by atoms with E-state index < -0.39 is 0 Å². The van der Waals surface area contributed by atoms with Gasteiger partial charge in [-0.1, -0.05) is 62.4 Å². The number of carbonyl (C=O) groups is 1. The van der Waals surface area contributed by atoms with Gasteiger partial charge >= 0.3 is 0 Å². The second-order valence-corrected chi connectivity index (χ2v) is 6.46. The molecule has 2 aromatic carbocycles. The Morgan fingerprint density at radius 1 is 1.13 bits per heavy atom. The Bertz CT molecular complexity index is 683. The van der Waals surface area contributed by atoms with Crippen molar-refractivity contribution in [3.8, 4) is 0 Å². The van der Waals surface area contributed by atoms with Gasteiger partial charge in [0.15, 0.2) is 0 Å². The minimum absolute atomic E-state index is 0.112. The third kappa shape index (κ3) is 3.02. The van der Waals surface area contributed by atoms with Crippen LogP contribution in [-0.2, 0) is 4.79 Å². The summed E-state index contributed by atoms with van der Waals surface area (Å²) in [4.78, 5) is 14.9. The zero-order valence-electron chi connectivity index (χ0n) is 13.8. The third-order valence-corrected chi connectivity index (χ3v) is 4.92. The number of para-hydroxylation sites is 1. The summed E-state index contributed by atoms with van der Waals surface area (Å²) in [6.45, 7) is 4.92. The molecule has 0 bridgehead atoms. The summed E-state index contributed by atoms with van der Waals surface area (Å²) in [5, 5.41) is 0. The van der Waals surface area contributed by atoms with E-state index >= 15 is 0 Å². The van der Waals surface area contributed by atoms with Crippen LogP contribution in [0.5, 0.6) is 0 Å². The van der Waals surface area contributed by atoms with Crippen LogP contribution in [0.25, 0.3) is 0 Å². The highest BCUT2D eigenvalue weighted by Gasteiger charge is 2.31. The first-order chi connectivity index (χ1) is 11.1. The lowest BCUT2D eigenvalue weighted by molar-refractivity contribution is -0.122. The van der Waals surface area contributed by atoms with Gasteiger partial charge < -0.3 is 10.6 Å². The zero-order valence-corrected chi connectivity index (χ0v) is 13.8. The number of nitrogens with zero attached hydrogens (tertiary/aromatic N) is 1. The third-order valence-electron chi connectivity index (χ3n) is 4.92. The van der Waals surface area contributed by atoms with Crippen LogP contribution in [0.2, 0.25) is 0 Å². The second kappa shape index (κ2) is 6.55. The lowest BCUT2D eigenvalue weighted by Crippen LogP contribution is -2.42. The first-order valence-corrected chi connectivity index (χ1v) is 8.30. The number of amides is 1. The number of rotatable bonds is 3. The predicted molar refractivity (Wildman–Crippen MR) is 94.4 cm³/mol. The van der Waals surface area contributed by atoms with Crippen LogP contribution in [0.15, 0.2) is 54.6 Å². The fourth-order valence-electron chi connectivity index (χ4n) is 3.34. The maximum absolute atomic E-state index is 13.0. The SMILES string of the molecule is CC1CCN(C(=O)C(C)C(N)c2ccccc2)c2ccccc21. The molecule has 3 rings (SSSR count). The Morgan fingerprint density at radius 2 is 1.78 bits per heavy atom. The average molecular weight is 308 g/mol. The van der Waals surface area contributed by atoms with Crippen molar-refractivity contribution in [2.24, 2.45) is 11.7 Å². The molecule has 3 atom stereocenters. The molecule has 0 fully saturated rings. The maximum Gasteiger partial charge on any atom is 0.231 e. The van der Waals surface area contributed by atoms with Crippen LogP contribution in [0.3, 0.4) is 0 Å². The van der Waals surface area contributed by atoms with Gasteiger partial charge in [-0.05, 0) is 29.5 Å². The Labute approximate surface area is 138 Å². The summed E-state index contributed by atoms with van der Waals surface area (Å²) in [5.74, 6) is 0.355. The summed E-state index contributed by atoms with van der Waals surface area (Å²) in [6.07, 6.45) is 0.996. The van der Waals surface area contributed by atoms with Crippen molar-refractivity contribution < 1.29 is 4.79 Å². The average Bonchev–Trinajstić information content (AvgIpc) is 2.61. The molecule has 3 nitrogen and oxygen atoms in total. The van der Waals surface area contributed by atoms with Crippen molar-refractivity contribution in [3.05, 3.63) is 65.7 Å². The topological polar surface area (TPSA) is 46.3 Å². The van der Waals surface area contributed by atoms with Crippen molar-refractivity contribution in [1.29, 1.82) is 0 Å². The largest absolute Gasteiger partial charge is 0.323 e. The molecular weight excluding hydrogens is 284 g/mol. The summed E-state index contributed by atoms with van der Waals surface area (Å²) >= 11 is 0. The number of carbonyl (C=O) groups excluding carboxylic acids is 1. The Balaban J connectivity index is 1.85. The van der Waals surface area contributed by atoms with E-state index in [1.165, 1.54) is 5.56 Å². The summed E-state index contributed by atoms with van der Waals surface area (Å²) in [5.41, 5.74) is 9.65. The van der Waals surface area contributed by atoms with E-state index in [1.807, 2.05) is 60.4 Å². The summed E-state index contributed by atoms with van der Waals surface area (Å²) in [6, 6.07) is 17.8. The molecule has 1 heterocycles. The fraction of sp³-hybridized carbons (Fsp3) is 0.350. The molecule has 2 N–H and O–H groups in total. The van der Waals surface area contributed by atoms with Gasteiger partial charge in [0, 0.05) is 18.3 Å². The molecule has 1 amide bonds. The van der Waals surface area contributed by atoms with Crippen LogP contribution >= 0.6 is 0 Å². The Morgan fingerprint density at radius 3 is 2.52 bits per heavy atom. The molecule has 3 unspecified atom stereocenters. The van der Waals surface area contributed by atoms with Crippen LogP contribution in [0.1, 0.15) is 43.4 Å². The number of benzene rings is 2. The second-order valence-electron chi connectivity index (χ2n) is 6.46. The van der Waals surface area contributed by atoms with Crippen molar-refractivity contribution >= 4 is 11.6 Å². The van der Waals surface area contributed by atoms with E-state index in [-0.39, 0.29) is 17.9 Å². The number of nitrogens with two attached hydrogens (primary N) is 1. The molecule has 0 aromatic heterocycles. The van der Waals surface area contributed by atoms with Crippen LogP contribution < -0.4 is 10.6 Å². The molecule has 0 saturated heterocycles. The molecule has 1 aliphatic heterocycles. The fourth-order valence-corrected chi connectivity index (χ4v) is 3.34. The van der Waals surface area contributed by atoms with Crippen LogP contribution in [-0.4, -0.2) is 12.5 Å². The lowest BCUT2D eigenvalue weighted by atomic mass is 9.89. The number of hydrogen-bond donors (Lipinski definition) is 1. The van der Waals surface area contributed by atoms with Crippen LogP contribution in [0.4, 0.5) is 5.69 Å². The van der Waals surface area contributed by atoms with Gasteiger partial charge in [0.1, 0.15) is 0 Å². The zero-order chi connectivity index (χ0) is 16.4. The first-order valence-electron chi connectivity index (χ1n) is 8.30. The first kappa shape index (κ1) is 15.8. The lowest BCUT2D eigenvalue weighted by Gasteiger charge is -2.35. The van der Waals surface area contributed by atoms with Gasteiger partial charge in [0.25, 0.3) is 0 Å². The minimum Gasteiger partial charge on any atom is -0.323 e. The van der Waals surface area contributed by atoms with Gasteiger partial charge in [-0.25, -0.2) is 0 Å². The highest BCUT2D eigenvalue weighted by molar-refractivity contribution is 5.96. The smallest absolute Gasteiger partial charge is 0.231 e. The molecule has 1 aliphatic rings. The molecule has 2 aromatic rings. The molecule has 0 saturated carbocycles. The monoisotopic (exact) mass is 308 g/mol. The summed E-state index contributed by atoms with van der Waals surface area (Å²) < 4.78 is 0. The Kier molecular flexibility index (Phi) is 4.49. The molecule has 0 radical (unpaired) electrons. The van der Waals surface area contributed by atoms with E-state index in [4.69, 9.17) is 5.73 Å². The predicted octanol–water partition coefficient (Wildman–Crippen LogP) is 3.86. The number of anilines is 1. The molecule has 3 heteroatoms. The molecule has 120 valence electrons. The summed E-state index contributed by atoms with van der Waals surface area (Å²) in [7, 11) is 0. The molecule has 0 spiro atoms. The quantitative estimate of drug-likeness (QED) is 0.936. The molecule has 0 aliphatic carbocycles. The number of hydrogen-bond acceptors (Lipinski definition) is 2. The van der Waals surface area contributed by atoms with Crippen molar-refractivity contribution in [2.75, 3.05) is 11.4 Å². The van der Waals surface area contributed by atoms with E-state index in [1.54, 1.807) is 0 Å². The number of fused-ring (bicyclic) bond motifs is 1. The van der Waals surface area contributed by atoms with E-state index in [0.717, 1.165) is 24.2 Å². The van der Waals surface area contributed by atoms with Gasteiger partial charge in [0.2, 0.25) is 5.91 Å². The highest BCUT2D eigenvalue weighted by Crippen LogP contribution is 2.36. The van der Waals surface area contributed by atoms with E-state index in [2.05, 4.69) is 13.0 Å². The van der Waals surface area contributed by atoms with Crippen molar-refractivity contribution in [3.63, 3.8) is 0 Å². The van der Waals surface area contributed by atoms with Crippen molar-refractivity contribution in [1.82, 2.24) is 0 Å². The standard InChI is InChI=1S/C20H24N2O/c1-14-12-13-22(18-11-7-6-10-17(14)18)20(23)15(2)19(21)16-8-4-3-5-9-16/h3-11,14-15,19H,12-13,21H2,1-2H3. The van der Waals surface area contributed by atoms with Gasteiger partial charge in [-0.2, -0.15) is 0 Å². The highest BCUT2D eigenvalue weighted by atomic mass is 16.2. The van der Waals surface area contributed by atoms with E-state index in [0.29, 0.717) is 5.92 Å². The van der Waals surface area contributed by atoms with Gasteiger partial charge in [-0.15, -0.1) is 0 Å². The minimum atomic E-state index is -0.282. The molecule has 23 heavy (non-hydrogen) atoms. The van der Waals surface area contributed by atoms with Gasteiger partial charge in [-0.3, -0.25) is 4.79 Å². The molecular formula is C20H24N2O. The van der Waals surface area contributed by atoms with Crippen molar-refractivity contribution in [2.45, 2.75) is 32.2 Å². The van der Waals surface area contributed by atoms with E-state index in [9.17, 15) is 4.79 Å². The normalized spacial score (nSPS) is 19.8. The Hall–Kier alpha value is -2.13. The maximum atomic E-state index is 13.0.